The predicted molar refractivity (Wildman–Crippen MR) is 131 cm³/mol. The number of benzene rings is 3. The monoisotopic (exact) mass is 453 g/mol. The van der Waals surface area contributed by atoms with Crippen LogP contribution in [0.15, 0.2) is 85.3 Å². The molecule has 0 radical (unpaired) electrons. The average molecular weight is 453 g/mol. The molecule has 0 saturated carbocycles. The van der Waals surface area contributed by atoms with Crippen LogP contribution in [0.25, 0.3) is 22.0 Å². The Morgan fingerprint density at radius 3 is 2.47 bits per heavy atom. The summed E-state index contributed by atoms with van der Waals surface area (Å²) >= 11 is 0. The van der Waals surface area contributed by atoms with E-state index in [0.717, 1.165) is 22.7 Å². The van der Waals surface area contributed by atoms with E-state index in [0.29, 0.717) is 16.9 Å². The Bertz CT molecular complexity index is 1480. The Morgan fingerprint density at radius 1 is 0.912 bits per heavy atom. The number of nitrogens with one attached hydrogen (secondary N) is 3. The van der Waals surface area contributed by atoms with E-state index in [9.17, 15) is 9.18 Å². The minimum absolute atomic E-state index is 0.161. The van der Waals surface area contributed by atoms with Crippen LogP contribution < -0.4 is 16.0 Å². The molecule has 0 fully saturated rings. The van der Waals surface area contributed by atoms with Crippen molar-refractivity contribution in [1.29, 1.82) is 0 Å². The minimum Gasteiger partial charge on any atom is -0.324 e. The second-order valence-corrected chi connectivity index (χ2v) is 7.60. The third-order valence-corrected chi connectivity index (χ3v) is 5.16. The van der Waals surface area contributed by atoms with Crippen molar-refractivity contribution in [1.82, 2.24) is 19.7 Å². The topological polar surface area (TPSA) is 96.8 Å². The summed E-state index contributed by atoms with van der Waals surface area (Å²) in [6, 6.07) is 20.3. The fourth-order valence-electron chi connectivity index (χ4n) is 3.56. The molecule has 0 bridgehead atoms. The highest BCUT2D eigenvalue weighted by molar-refractivity contribution is 6.06. The van der Waals surface area contributed by atoms with Crippen molar-refractivity contribution in [2.24, 2.45) is 7.05 Å². The largest absolute Gasteiger partial charge is 0.324 e. The number of urea groups is 1. The molecule has 0 atom stereocenters. The maximum Gasteiger partial charge on any atom is 0.323 e. The lowest BCUT2D eigenvalue weighted by Gasteiger charge is -2.11. The van der Waals surface area contributed by atoms with E-state index < -0.39 is 5.82 Å². The van der Waals surface area contributed by atoms with Gasteiger partial charge in [0.15, 0.2) is 5.82 Å². The van der Waals surface area contributed by atoms with Crippen LogP contribution in [-0.2, 0) is 7.05 Å². The summed E-state index contributed by atoms with van der Waals surface area (Å²) in [6.45, 7) is 0. The van der Waals surface area contributed by atoms with Crippen molar-refractivity contribution in [3.8, 4) is 11.3 Å². The van der Waals surface area contributed by atoms with E-state index in [1.807, 2.05) is 42.5 Å². The molecule has 0 saturated heterocycles. The summed E-state index contributed by atoms with van der Waals surface area (Å²) < 4.78 is 15.8. The molecule has 5 aromatic rings. The molecule has 2 aromatic heterocycles. The van der Waals surface area contributed by atoms with Crippen molar-refractivity contribution in [2.45, 2.75) is 0 Å². The van der Waals surface area contributed by atoms with Gasteiger partial charge in [-0.15, -0.1) is 0 Å². The molecule has 0 aliphatic rings. The lowest BCUT2D eigenvalue weighted by molar-refractivity contribution is 0.262. The lowest BCUT2D eigenvalue weighted by atomic mass is 10.1. The van der Waals surface area contributed by atoms with E-state index >= 15 is 0 Å². The number of aromatic nitrogens is 4. The molecule has 34 heavy (non-hydrogen) atoms. The summed E-state index contributed by atoms with van der Waals surface area (Å²) in [5.41, 5.74) is 2.74. The van der Waals surface area contributed by atoms with Gasteiger partial charge in [0, 0.05) is 35.6 Å². The Labute approximate surface area is 194 Å². The first-order chi connectivity index (χ1) is 16.5. The Kier molecular flexibility index (Phi) is 5.57. The van der Waals surface area contributed by atoms with Gasteiger partial charge < -0.3 is 16.0 Å². The number of hydrogen-bond donors (Lipinski definition) is 3. The number of nitrogens with zero attached hydrogens (tertiary/aromatic N) is 4. The van der Waals surface area contributed by atoms with Crippen LogP contribution in [0.2, 0.25) is 0 Å². The van der Waals surface area contributed by atoms with Gasteiger partial charge in [0.05, 0.1) is 18.1 Å². The van der Waals surface area contributed by atoms with Crippen molar-refractivity contribution < 1.29 is 9.18 Å². The first kappa shape index (κ1) is 21.1. The summed E-state index contributed by atoms with van der Waals surface area (Å²) in [5.74, 6) is -0.287. The average Bonchev–Trinajstić information content (AvgIpc) is 3.28. The van der Waals surface area contributed by atoms with Gasteiger partial charge in [0.2, 0.25) is 5.95 Å². The number of halogens is 1. The quantitative estimate of drug-likeness (QED) is 0.324. The van der Waals surface area contributed by atoms with Gasteiger partial charge in [0.25, 0.3) is 0 Å². The molecular weight excluding hydrogens is 433 g/mol. The molecule has 5 rings (SSSR count). The molecule has 9 heteroatoms. The molecule has 3 N–H and O–H groups in total. The molecule has 0 unspecified atom stereocenters. The van der Waals surface area contributed by atoms with Crippen LogP contribution in [0.5, 0.6) is 0 Å². The van der Waals surface area contributed by atoms with Crippen molar-refractivity contribution in [3.63, 3.8) is 0 Å². The highest BCUT2D eigenvalue weighted by atomic mass is 19.1. The smallest absolute Gasteiger partial charge is 0.323 e. The van der Waals surface area contributed by atoms with Gasteiger partial charge >= 0.3 is 6.03 Å². The van der Waals surface area contributed by atoms with E-state index in [4.69, 9.17) is 0 Å². The number of anilines is 4. The molecule has 3 aromatic carbocycles. The van der Waals surface area contributed by atoms with Crippen molar-refractivity contribution in [3.05, 3.63) is 91.1 Å². The molecule has 8 nitrogen and oxygen atoms in total. The van der Waals surface area contributed by atoms with Crippen LogP contribution in [0, 0.1) is 5.82 Å². The number of fused-ring (bicyclic) bond motifs is 1. The van der Waals surface area contributed by atoms with E-state index in [2.05, 4.69) is 31.0 Å². The zero-order valence-corrected chi connectivity index (χ0v) is 18.2. The first-order valence-corrected chi connectivity index (χ1v) is 10.5. The number of amides is 2. The third kappa shape index (κ3) is 4.53. The maximum absolute atomic E-state index is 14.2. The second-order valence-electron chi connectivity index (χ2n) is 7.60. The summed E-state index contributed by atoms with van der Waals surface area (Å²) in [7, 11) is 1.75. The van der Waals surface area contributed by atoms with Crippen molar-refractivity contribution in [2.75, 3.05) is 16.0 Å². The van der Waals surface area contributed by atoms with Crippen LogP contribution in [0.1, 0.15) is 0 Å². The van der Waals surface area contributed by atoms with Crippen LogP contribution in [0.4, 0.5) is 32.2 Å². The zero-order valence-electron chi connectivity index (χ0n) is 18.2. The first-order valence-electron chi connectivity index (χ1n) is 10.5. The lowest BCUT2D eigenvalue weighted by Crippen LogP contribution is -2.19. The van der Waals surface area contributed by atoms with Gasteiger partial charge in [-0.2, -0.15) is 5.10 Å². The van der Waals surface area contributed by atoms with E-state index in [1.165, 1.54) is 0 Å². The van der Waals surface area contributed by atoms with E-state index in [1.54, 1.807) is 48.4 Å². The number of carbonyl (C=O) groups is 1. The molecule has 168 valence electrons. The summed E-state index contributed by atoms with van der Waals surface area (Å²) in [6.07, 6.45) is 4.34. The molecular formula is C25H20FN7O. The Balaban J connectivity index is 1.26. The maximum atomic E-state index is 14.2. The highest BCUT2D eigenvalue weighted by Gasteiger charge is 2.12. The van der Waals surface area contributed by atoms with Gasteiger partial charge in [0.1, 0.15) is 5.69 Å². The fourth-order valence-corrected chi connectivity index (χ4v) is 3.56. The van der Waals surface area contributed by atoms with Crippen LogP contribution in [-0.4, -0.2) is 25.8 Å². The minimum atomic E-state index is -0.532. The van der Waals surface area contributed by atoms with Gasteiger partial charge in [-0.25, -0.2) is 19.2 Å². The summed E-state index contributed by atoms with van der Waals surface area (Å²) in [5, 5.41) is 14.8. The highest BCUT2D eigenvalue weighted by Crippen LogP contribution is 2.24. The van der Waals surface area contributed by atoms with Gasteiger partial charge in [-0.1, -0.05) is 36.4 Å². The van der Waals surface area contributed by atoms with Crippen LogP contribution in [0.3, 0.4) is 0 Å². The van der Waals surface area contributed by atoms with Crippen LogP contribution >= 0.6 is 0 Å². The predicted octanol–water partition coefficient (Wildman–Crippen LogP) is 5.56. The second kappa shape index (κ2) is 8.99. The third-order valence-electron chi connectivity index (χ3n) is 5.16. The van der Waals surface area contributed by atoms with E-state index in [-0.39, 0.29) is 17.7 Å². The van der Waals surface area contributed by atoms with Crippen molar-refractivity contribution >= 4 is 39.8 Å². The fraction of sp³-hybridized carbons (Fsp3) is 0.0400. The molecule has 0 spiro atoms. The number of hydrogen-bond acceptors (Lipinski definition) is 5. The standard InChI is InChI=1S/C25H20FN7O/c1-33-15-17(13-28-33)23-21(26)14-27-24(32-23)29-18-9-11-19(12-10-18)30-25(34)31-22-8-4-6-16-5-2-3-7-20(16)22/h2-15H,1H3,(H,27,29,32)(H2,30,31,34). The van der Waals surface area contributed by atoms with Gasteiger partial charge in [-0.3, -0.25) is 4.68 Å². The zero-order chi connectivity index (χ0) is 23.5. The molecule has 0 aliphatic carbocycles. The number of aryl methyl sites for hydroxylation is 1. The molecule has 2 amide bonds. The number of carbonyl (C=O) groups excluding carboxylic acids is 1. The summed E-state index contributed by atoms with van der Waals surface area (Å²) in [4.78, 5) is 20.8. The molecule has 0 aliphatic heterocycles. The Hall–Kier alpha value is -4.79. The Morgan fingerprint density at radius 2 is 1.68 bits per heavy atom. The SMILES string of the molecule is Cn1cc(-c2nc(Nc3ccc(NC(=O)Nc4cccc5ccccc45)cc3)ncc2F)cn1. The number of rotatable bonds is 5. The van der Waals surface area contributed by atoms with Gasteiger partial charge in [-0.05, 0) is 35.7 Å². The normalized spacial score (nSPS) is 10.8. The molecule has 2 heterocycles.